The van der Waals surface area contributed by atoms with Gasteiger partial charge in [0.15, 0.2) is 0 Å². The van der Waals surface area contributed by atoms with E-state index in [1.807, 2.05) is 12.3 Å². The fourth-order valence-electron chi connectivity index (χ4n) is 1.27. The number of aromatic hydroxyl groups is 1. The molecule has 1 heterocycles. The van der Waals surface area contributed by atoms with Crippen LogP contribution in [-0.4, -0.2) is 22.2 Å². The average Bonchev–Trinajstić information content (AvgIpc) is 2.76. The smallest absolute Gasteiger partial charge is 0.271 e. The van der Waals surface area contributed by atoms with E-state index in [1.54, 1.807) is 0 Å². The SMILES string of the molecule is Cc1nc(/C=N\NC(=O)c2ccc(O)cc2)cs1. The molecule has 0 bridgehead atoms. The van der Waals surface area contributed by atoms with Gasteiger partial charge in [0.1, 0.15) is 5.75 Å². The van der Waals surface area contributed by atoms with Crippen molar-refractivity contribution in [3.05, 3.63) is 45.9 Å². The van der Waals surface area contributed by atoms with Gasteiger partial charge in [-0.05, 0) is 31.2 Å². The van der Waals surface area contributed by atoms with E-state index in [4.69, 9.17) is 5.11 Å². The van der Waals surface area contributed by atoms with Crippen molar-refractivity contribution in [1.29, 1.82) is 0 Å². The van der Waals surface area contributed by atoms with Crippen molar-refractivity contribution >= 4 is 23.5 Å². The van der Waals surface area contributed by atoms with Crippen LogP contribution in [0.1, 0.15) is 21.1 Å². The molecule has 0 aliphatic carbocycles. The highest BCUT2D eigenvalue weighted by Crippen LogP contribution is 2.09. The summed E-state index contributed by atoms with van der Waals surface area (Å²) in [6.07, 6.45) is 1.49. The first-order chi connectivity index (χ1) is 8.65. The van der Waals surface area contributed by atoms with Gasteiger partial charge in [-0.1, -0.05) is 0 Å². The zero-order chi connectivity index (χ0) is 13.0. The van der Waals surface area contributed by atoms with Gasteiger partial charge in [0, 0.05) is 10.9 Å². The quantitative estimate of drug-likeness (QED) is 0.654. The number of hydrazone groups is 1. The minimum atomic E-state index is -0.335. The first-order valence-corrected chi connectivity index (χ1v) is 6.07. The summed E-state index contributed by atoms with van der Waals surface area (Å²) in [5.74, 6) is -0.216. The van der Waals surface area contributed by atoms with E-state index in [2.05, 4.69) is 15.5 Å². The molecular formula is C12H11N3O2S. The third kappa shape index (κ3) is 3.14. The van der Waals surface area contributed by atoms with Crippen molar-refractivity contribution in [3.8, 4) is 5.75 Å². The molecule has 1 aromatic heterocycles. The number of carbonyl (C=O) groups is 1. The number of thiazole rings is 1. The number of carbonyl (C=O) groups excluding carboxylic acids is 1. The molecule has 1 aromatic carbocycles. The van der Waals surface area contributed by atoms with Crippen LogP contribution in [-0.2, 0) is 0 Å². The number of aromatic nitrogens is 1. The molecule has 2 rings (SSSR count). The van der Waals surface area contributed by atoms with Crippen LogP contribution in [0.3, 0.4) is 0 Å². The highest BCUT2D eigenvalue weighted by atomic mass is 32.1. The van der Waals surface area contributed by atoms with Gasteiger partial charge in [-0.25, -0.2) is 10.4 Å². The third-order valence-corrected chi connectivity index (χ3v) is 2.92. The van der Waals surface area contributed by atoms with Crippen molar-refractivity contribution in [2.24, 2.45) is 5.10 Å². The number of nitrogens with one attached hydrogen (secondary N) is 1. The standard InChI is InChI=1S/C12H11N3O2S/c1-8-14-10(7-18-8)6-13-15-12(17)9-2-4-11(16)5-3-9/h2-7,16H,1H3,(H,15,17)/b13-6-. The molecule has 0 atom stereocenters. The Kier molecular flexibility index (Phi) is 3.69. The van der Waals surface area contributed by atoms with Crippen LogP contribution in [0.15, 0.2) is 34.7 Å². The van der Waals surface area contributed by atoms with E-state index in [1.165, 1.54) is 41.8 Å². The average molecular weight is 261 g/mol. The zero-order valence-corrected chi connectivity index (χ0v) is 10.4. The Labute approximate surface area is 108 Å². The van der Waals surface area contributed by atoms with Gasteiger partial charge in [0.2, 0.25) is 0 Å². The minimum Gasteiger partial charge on any atom is -0.508 e. The van der Waals surface area contributed by atoms with Crippen molar-refractivity contribution in [3.63, 3.8) is 0 Å². The topological polar surface area (TPSA) is 74.6 Å². The van der Waals surface area contributed by atoms with Crippen LogP contribution in [0.25, 0.3) is 0 Å². The number of hydrogen-bond donors (Lipinski definition) is 2. The molecule has 18 heavy (non-hydrogen) atoms. The van der Waals surface area contributed by atoms with Gasteiger partial charge >= 0.3 is 0 Å². The second-order valence-corrected chi connectivity index (χ2v) is 4.60. The second-order valence-electron chi connectivity index (χ2n) is 3.54. The molecule has 92 valence electrons. The van der Waals surface area contributed by atoms with Gasteiger partial charge in [0.05, 0.1) is 16.9 Å². The fraction of sp³-hybridized carbons (Fsp3) is 0.0833. The Hall–Kier alpha value is -2.21. The Bertz CT molecular complexity index is 575. The summed E-state index contributed by atoms with van der Waals surface area (Å²) < 4.78 is 0. The fourth-order valence-corrected chi connectivity index (χ4v) is 1.84. The van der Waals surface area contributed by atoms with Gasteiger partial charge in [0.25, 0.3) is 5.91 Å². The molecule has 0 saturated heterocycles. The zero-order valence-electron chi connectivity index (χ0n) is 9.62. The number of nitrogens with zero attached hydrogens (tertiary/aromatic N) is 2. The van der Waals surface area contributed by atoms with Crippen LogP contribution in [0.4, 0.5) is 0 Å². The van der Waals surface area contributed by atoms with Crippen molar-refractivity contribution in [1.82, 2.24) is 10.4 Å². The summed E-state index contributed by atoms with van der Waals surface area (Å²) in [7, 11) is 0. The third-order valence-electron chi connectivity index (χ3n) is 2.13. The normalized spacial score (nSPS) is 10.7. The maximum atomic E-state index is 11.6. The van der Waals surface area contributed by atoms with E-state index in [0.717, 1.165) is 5.01 Å². The Morgan fingerprint density at radius 2 is 2.17 bits per heavy atom. The number of phenolic OH excluding ortho intramolecular Hbond substituents is 1. The number of amides is 1. The molecular weight excluding hydrogens is 250 g/mol. The van der Waals surface area contributed by atoms with E-state index >= 15 is 0 Å². The molecule has 1 amide bonds. The van der Waals surface area contributed by atoms with Crippen molar-refractivity contribution in [2.45, 2.75) is 6.92 Å². The second kappa shape index (κ2) is 5.42. The predicted molar refractivity (Wildman–Crippen MR) is 70.0 cm³/mol. The molecule has 2 N–H and O–H groups in total. The number of phenols is 1. The summed E-state index contributed by atoms with van der Waals surface area (Å²) in [6, 6.07) is 5.94. The maximum Gasteiger partial charge on any atom is 0.271 e. The van der Waals surface area contributed by atoms with Crippen LogP contribution in [0.2, 0.25) is 0 Å². The minimum absolute atomic E-state index is 0.119. The summed E-state index contributed by atoms with van der Waals surface area (Å²) >= 11 is 1.52. The summed E-state index contributed by atoms with van der Waals surface area (Å²) in [5.41, 5.74) is 3.53. The summed E-state index contributed by atoms with van der Waals surface area (Å²) in [5, 5.41) is 15.7. The molecule has 0 spiro atoms. The predicted octanol–water partition coefficient (Wildman–Crippen LogP) is 1.92. The first-order valence-electron chi connectivity index (χ1n) is 5.20. The molecule has 0 radical (unpaired) electrons. The van der Waals surface area contributed by atoms with Crippen LogP contribution in [0.5, 0.6) is 5.75 Å². The lowest BCUT2D eigenvalue weighted by molar-refractivity contribution is 0.0955. The Balaban J connectivity index is 1.96. The highest BCUT2D eigenvalue weighted by molar-refractivity contribution is 7.09. The van der Waals surface area contributed by atoms with Gasteiger partial charge < -0.3 is 5.11 Å². The van der Waals surface area contributed by atoms with Gasteiger partial charge in [-0.2, -0.15) is 5.10 Å². The molecule has 0 aliphatic heterocycles. The monoisotopic (exact) mass is 261 g/mol. The molecule has 6 heteroatoms. The number of benzene rings is 1. The lowest BCUT2D eigenvalue weighted by Crippen LogP contribution is -2.17. The van der Waals surface area contributed by atoms with Gasteiger partial charge in [-0.3, -0.25) is 4.79 Å². The van der Waals surface area contributed by atoms with E-state index in [0.29, 0.717) is 11.3 Å². The Morgan fingerprint density at radius 1 is 1.44 bits per heavy atom. The molecule has 0 fully saturated rings. The van der Waals surface area contributed by atoms with E-state index in [-0.39, 0.29) is 11.7 Å². The first kappa shape index (κ1) is 12.3. The lowest BCUT2D eigenvalue weighted by Gasteiger charge is -1.99. The lowest BCUT2D eigenvalue weighted by atomic mass is 10.2. The van der Waals surface area contributed by atoms with Crippen molar-refractivity contribution in [2.75, 3.05) is 0 Å². The Morgan fingerprint density at radius 3 is 2.78 bits per heavy atom. The molecule has 0 aliphatic rings. The van der Waals surface area contributed by atoms with Crippen LogP contribution in [0, 0.1) is 6.92 Å². The van der Waals surface area contributed by atoms with E-state index in [9.17, 15) is 4.79 Å². The van der Waals surface area contributed by atoms with Crippen molar-refractivity contribution < 1.29 is 9.90 Å². The summed E-state index contributed by atoms with van der Waals surface area (Å²) in [6.45, 7) is 1.90. The maximum absolute atomic E-state index is 11.6. The highest BCUT2D eigenvalue weighted by Gasteiger charge is 2.03. The van der Waals surface area contributed by atoms with E-state index < -0.39 is 0 Å². The molecule has 0 unspecified atom stereocenters. The molecule has 2 aromatic rings. The van der Waals surface area contributed by atoms with Gasteiger partial charge in [-0.15, -0.1) is 11.3 Å². The van der Waals surface area contributed by atoms with Crippen LogP contribution < -0.4 is 5.43 Å². The molecule has 5 nitrogen and oxygen atoms in total. The number of rotatable bonds is 3. The van der Waals surface area contributed by atoms with Crippen LogP contribution >= 0.6 is 11.3 Å². The number of hydrogen-bond acceptors (Lipinski definition) is 5. The molecule has 0 saturated carbocycles. The number of aryl methyl sites for hydroxylation is 1. The summed E-state index contributed by atoms with van der Waals surface area (Å²) in [4.78, 5) is 15.8. The largest absolute Gasteiger partial charge is 0.508 e.